The van der Waals surface area contributed by atoms with Crippen molar-refractivity contribution in [2.75, 3.05) is 6.54 Å². The minimum absolute atomic E-state index is 0.0418. The maximum absolute atomic E-state index is 13.3. The molecule has 0 saturated heterocycles. The molecule has 1 N–H and O–H groups in total. The summed E-state index contributed by atoms with van der Waals surface area (Å²) in [5.41, 5.74) is 2.82. The molecule has 0 aliphatic carbocycles. The van der Waals surface area contributed by atoms with E-state index in [0.29, 0.717) is 11.3 Å². The highest BCUT2D eigenvalue weighted by atomic mass is 32.1. The van der Waals surface area contributed by atoms with E-state index < -0.39 is 17.7 Å². The van der Waals surface area contributed by atoms with Crippen LogP contribution < -0.4 is 0 Å². The van der Waals surface area contributed by atoms with Crippen LogP contribution in [0.4, 0.5) is 4.39 Å². The van der Waals surface area contributed by atoms with Crippen molar-refractivity contribution in [2.45, 2.75) is 38.6 Å². The quantitative estimate of drug-likeness (QED) is 0.456. The van der Waals surface area contributed by atoms with Crippen molar-refractivity contribution in [3.05, 3.63) is 105 Å². The van der Waals surface area contributed by atoms with Gasteiger partial charge in [0, 0.05) is 6.54 Å². The number of hydrogen-bond donors (Lipinski definition) is 1. The van der Waals surface area contributed by atoms with Crippen molar-refractivity contribution in [1.82, 2.24) is 4.90 Å². The fourth-order valence-electron chi connectivity index (χ4n) is 4.07. The van der Waals surface area contributed by atoms with E-state index >= 15 is 0 Å². The molecule has 170 valence electrons. The van der Waals surface area contributed by atoms with Gasteiger partial charge in [-0.1, -0.05) is 63.2 Å². The number of amides is 1. The minimum Gasteiger partial charge on any atom is -0.503 e. The summed E-state index contributed by atoms with van der Waals surface area (Å²) in [6.07, 6.45) is 0.469. The van der Waals surface area contributed by atoms with Crippen molar-refractivity contribution in [3.63, 3.8) is 0 Å². The molecular weight excluding hydrogens is 437 g/mol. The molecule has 1 amide bonds. The maximum Gasteiger partial charge on any atom is 0.290 e. The average molecular weight is 464 g/mol. The summed E-state index contributed by atoms with van der Waals surface area (Å²) >= 11 is 1.28. The molecule has 0 saturated carbocycles. The summed E-state index contributed by atoms with van der Waals surface area (Å²) in [6, 6.07) is 16.7. The Kier molecular flexibility index (Phi) is 6.21. The Bertz CT molecular complexity index is 1190. The van der Waals surface area contributed by atoms with E-state index in [9.17, 15) is 19.1 Å². The number of hydrogen-bond acceptors (Lipinski definition) is 4. The molecule has 6 heteroatoms. The lowest BCUT2D eigenvalue weighted by atomic mass is 9.85. The Hall–Kier alpha value is -3.25. The molecule has 1 aliphatic heterocycles. The van der Waals surface area contributed by atoms with Gasteiger partial charge < -0.3 is 10.0 Å². The molecule has 1 aliphatic rings. The number of halogens is 1. The van der Waals surface area contributed by atoms with E-state index in [1.165, 1.54) is 28.4 Å². The molecule has 4 rings (SSSR count). The Morgan fingerprint density at radius 3 is 2.30 bits per heavy atom. The lowest BCUT2D eigenvalue weighted by molar-refractivity contribution is -0.129. The van der Waals surface area contributed by atoms with Crippen molar-refractivity contribution in [2.24, 2.45) is 0 Å². The Morgan fingerprint density at radius 2 is 1.73 bits per heavy atom. The molecule has 2 aromatic carbocycles. The monoisotopic (exact) mass is 463 g/mol. The van der Waals surface area contributed by atoms with Crippen LogP contribution in [0.15, 0.2) is 77.4 Å². The van der Waals surface area contributed by atoms with Crippen LogP contribution in [0.3, 0.4) is 0 Å². The number of ketones is 1. The Balaban J connectivity index is 1.71. The summed E-state index contributed by atoms with van der Waals surface area (Å²) in [6.45, 7) is 6.64. The third kappa shape index (κ3) is 4.62. The molecule has 0 bridgehead atoms. The molecule has 1 aromatic heterocycles. The molecule has 33 heavy (non-hydrogen) atoms. The summed E-state index contributed by atoms with van der Waals surface area (Å²) in [5, 5.41) is 12.6. The lowest BCUT2D eigenvalue weighted by Crippen LogP contribution is -2.33. The van der Waals surface area contributed by atoms with Crippen LogP contribution in [0, 0.1) is 5.82 Å². The lowest BCUT2D eigenvalue weighted by Gasteiger charge is -2.28. The fraction of sp³-hybridized carbons (Fsp3) is 0.259. The number of thiophene rings is 1. The van der Waals surface area contributed by atoms with Crippen LogP contribution in [0.5, 0.6) is 0 Å². The second-order valence-electron chi connectivity index (χ2n) is 9.22. The van der Waals surface area contributed by atoms with E-state index in [1.54, 1.807) is 29.6 Å². The first kappa shape index (κ1) is 22.9. The maximum atomic E-state index is 13.3. The van der Waals surface area contributed by atoms with Gasteiger partial charge in [0.1, 0.15) is 5.82 Å². The van der Waals surface area contributed by atoms with E-state index in [4.69, 9.17) is 0 Å². The summed E-state index contributed by atoms with van der Waals surface area (Å²) in [7, 11) is 0. The second kappa shape index (κ2) is 8.94. The van der Waals surface area contributed by atoms with Crippen LogP contribution in [0.1, 0.15) is 53.2 Å². The van der Waals surface area contributed by atoms with E-state index in [1.807, 2.05) is 24.3 Å². The molecule has 0 fully saturated rings. The van der Waals surface area contributed by atoms with E-state index in [2.05, 4.69) is 20.8 Å². The topological polar surface area (TPSA) is 57.6 Å². The number of Topliss-reactive ketones (excluding diaryl/α,β-unsaturated/α-hetero) is 1. The number of carbonyl (C=O) groups excluding carboxylic acids is 2. The number of aliphatic hydroxyl groups excluding tert-OH is 1. The number of nitrogens with zero attached hydrogens (tertiary/aromatic N) is 1. The SMILES string of the molecule is CC(C)(C)c1ccc(C2C(C(=O)c3cccs3)=C(O)C(=O)N2CCc2ccc(F)cc2)cc1. The number of rotatable bonds is 6. The van der Waals surface area contributed by atoms with E-state index in [0.717, 1.165) is 16.7 Å². The summed E-state index contributed by atoms with van der Waals surface area (Å²) in [5.74, 6) is -1.74. The van der Waals surface area contributed by atoms with Gasteiger partial charge >= 0.3 is 0 Å². The van der Waals surface area contributed by atoms with Crippen LogP contribution in [0.2, 0.25) is 0 Å². The molecule has 1 atom stereocenters. The molecule has 0 spiro atoms. The van der Waals surface area contributed by atoms with Crippen molar-refractivity contribution in [1.29, 1.82) is 0 Å². The highest BCUT2D eigenvalue weighted by molar-refractivity contribution is 7.12. The highest BCUT2D eigenvalue weighted by Gasteiger charge is 2.43. The van der Waals surface area contributed by atoms with Gasteiger partial charge in [0.15, 0.2) is 5.76 Å². The van der Waals surface area contributed by atoms with Gasteiger partial charge in [-0.05, 0) is 52.1 Å². The minimum atomic E-state index is -0.693. The van der Waals surface area contributed by atoms with Gasteiger partial charge in [-0.15, -0.1) is 11.3 Å². The van der Waals surface area contributed by atoms with E-state index in [-0.39, 0.29) is 29.1 Å². The molecule has 4 nitrogen and oxygen atoms in total. The van der Waals surface area contributed by atoms with Crippen LogP contribution >= 0.6 is 11.3 Å². The predicted octanol–water partition coefficient (Wildman–Crippen LogP) is 6.01. The number of aliphatic hydroxyl groups is 1. The third-order valence-corrected chi connectivity index (χ3v) is 6.81. The summed E-state index contributed by atoms with van der Waals surface area (Å²) in [4.78, 5) is 28.4. The molecule has 2 heterocycles. The first-order valence-corrected chi connectivity index (χ1v) is 11.7. The van der Waals surface area contributed by atoms with Crippen LogP contribution in [-0.4, -0.2) is 28.2 Å². The zero-order chi connectivity index (χ0) is 23.8. The van der Waals surface area contributed by atoms with Gasteiger partial charge in [-0.25, -0.2) is 4.39 Å². The smallest absolute Gasteiger partial charge is 0.290 e. The van der Waals surface area contributed by atoms with Gasteiger partial charge in [0.2, 0.25) is 5.78 Å². The van der Waals surface area contributed by atoms with Gasteiger partial charge in [0.05, 0.1) is 16.5 Å². The first-order chi connectivity index (χ1) is 15.7. The van der Waals surface area contributed by atoms with Crippen LogP contribution in [0.25, 0.3) is 0 Å². The normalized spacial score (nSPS) is 16.5. The molecular formula is C27H26FNO3S. The number of benzene rings is 2. The van der Waals surface area contributed by atoms with Gasteiger partial charge in [0.25, 0.3) is 5.91 Å². The number of carbonyl (C=O) groups is 2. The van der Waals surface area contributed by atoms with Crippen molar-refractivity contribution < 1.29 is 19.1 Å². The van der Waals surface area contributed by atoms with Crippen molar-refractivity contribution in [3.8, 4) is 0 Å². The zero-order valence-corrected chi connectivity index (χ0v) is 19.7. The molecule has 1 unspecified atom stereocenters. The fourth-order valence-corrected chi connectivity index (χ4v) is 4.75. The van der Waals surface area contributed by atoms with Gasteiger partial charge in [-0.3, -0.25) is 9.59 Å². The van der Waals surface area contributed by atoms with Crippen LogP contribution in [-0.2, 0) is 16.6 Å². The predicted molar refractivity (Wildman–Crippen MR) is 128 cm³/mol. The summed E-state index contributed by atoms with van der Waals surface area (Å²) < 4.78 is 13.3. The third-order valence-electron chi connectivity index (χ3n) is 5.94. The van der Waals surface area contributed by atoms with Gasteiger partial charge in [-0.2, -0.15) is 0 Å². The highest BCUT2D eigenvalue weighted by Crippen LogP contribution is 2.40. The standard InChI is InChI=1S/C27H26FNO3S/c1-27(2,3)19-10-8-18(9-11-19)23-22(24(30)21-5-4-16-33-21)25(31)26(32)29(23)15-14-17-6-12-20(28)13-7-17/h4-13,16,23,31H,14-15H2,1-3H3. The Morgan fingerprint density at radius 1 is 1.06 bits per heavy atom. The molecule has 3 aromatic rings. The second-order valence-corrected chi connectivity index (χ2v) is 10.2. The zero-order valence-electron chi connectivity index (χ0n) is 18.8. The molecule has 0 radical (unpaired) electrons. The van der Waals surface area contributed by atoms with Crippen molar-refractivity contribution >= 4 is 23.0 Å². The Labute approximate surface area is 197 Å². The average Bonchev–Trinajstić information content (AvgIpc) is 3.40. The largest absolute Gasteiger partial charge is 0.503 e. The first-order valence-electron chi connectivity index (χ1n) is 10.8.